The van der Waals surface area contributed by atoms with E-state index < -0.39 is 11.2 Å². The second kappa shape index (κ2) is 4.27. The van der Waals surface area contributed by atoms with E-state index in [2.05, 4.69) is 18.8 Å². The Morgan fingerprint density at radius 3 is 2.41 bits per heavy atom. The zero-order chi connectivity index (χ0) is 12.6. The van der Waals surface area contributed by atoms with Crippen LogP contribution in [-0.4, -0.2) is 21.7 Å². The van der Waals surface area contributed by atoms with Crippen LogP contribution in [0.2, 0.25) is 0 Å². The number of nitrogens with zero attached hydrogens (tertiary/aromatic N) is 2. The Labute approximate surface area is 99.0 Å². The number of nitrogens with one attached hydrogen (secondary N) is 1. The van der Waals surface area contributed by atoms with E-state index in [4.69, 9.17) is 5.73 Å². The molecule has 2 rings (SSSR count). The Bertz CT molecular complexity index is 509. The van der Waals surface area contributed by atoms with Gasteiger partial charge >= 0.3 is 5.69 Å². The maximum atomic E-state index is 11.8. The number of aromatic nitrogens is 2. The number of piperidine rings is 1. The van der Waals surface area contributed by atoms with Crippen LogP contribution < -0.4 is 22.0 Å². The lowest BCUT2D eigenvalue weighted by molar-refractivity contribution is 0.331. The van der Waals surface area contributed by atoms with Gasteiger partial charge in [-0.25, -0.2) is 4.79 Å². The first-order chi connectivity index (χ1) is 8.00. The third-order valence-electron chi connectivity index (χ3n) is 3.32. The molecule has 1 fully saturated rings. The highest BCUT2D eigenvalue weighted by atomic mass is 16.2. The fraction of sp³-hybridized carbons (Fsp3) is 0.636. The Hall–Kier alpha value is -1.72. The summed E-state index contributed by atoms with van der Waals surface area (Å²) in [7, 11) is 0. The van der Waals surface area contributed by atoms with E-state index in [0.717, 1.165) is 19.3 Å². The van der Waals surface area contributed by atoms with Crippen molar-refractivity contribution in [3.05, 3.63) is 26.9 Å². The predicted molar refractivity (Wildman–Crippen MR) is 66.7 cm³/mol. The first-order valence-electron chi connectivity index (χ1n) is 5.91. The molecular formula is C11H18N4O2. The molecule has 2 unspecified atom stereocenters. The first kappa shape index (κ1) is 11.8. The van der Waals surface area contributed by atoms with E-state index in [1.807, 2.05) is 5.01 Å². The van der Waals surface area contributed by atoms with Crippen LogP contribution in [0.3, 0.4) is 0 Å². The SMILES string of the molecule is CC1CCCC(C)N1n1c(N)cc(=O)[nH]c1=O. The summed E-state index contributed by atoms with van der Waals surface area (Å²) in [5, 5.41) is 1.96. The zero-order valence-electron chi connectivity index (χ0n) is 10.1. The predicted octanol–water partition coefficient (Wildman–Crippen LogP) is 0.0177. The van der Waals surface area contributed by atoms with E-state index in [1.165, 1.54) is 10.7 Å². The van der Waals surface area contributed by atoms with Crippen molar-refractivity contribution in [2.45, 2.75) is 45.2 Å². The number of hydrogen-bond donors (Lipinski definition) is 2. The van der Waals surface area contributed by atoms with Crippen molar-refractivity contribution in [1.82, 2.24) is 9.66 Å². The smallest absolute Gasteiger partial charge is 0.348 e. The Morgan fingerprint density at radius 2 is 1.88 bits per heavy atom. The van der Waals surface area contributed by atoms with Gasteiger partial charge in [0, 0.05) is 18.2 Å². The quantitative estimate of drug-likeness (QED) is 0.722. The lowest BCUT2D eigenvalue weighted by atomic mass is 10.00. The Balaban J connectivity index is 2.52. The fourth-order valence-corrected chi connectivity index (χ4v) is 2.55. The van der Waals surface area contributed by atoms with Gasteiger partial charge in [0.25, 0.3) is 5.56 Å². The fourth-order valence-electron chi connectivity index (χ4n) is 2.55. The number of nitrogens with two attached hydrogens (primary N) is 1. The van der Waals surface area contributed by atoms with E-state index >= 15 is 0 Å². The molecule has 1 aliphatic rings. The van der Waals surface area contributed by atoms with Gasteiger partial charge < -0.3 is 10.7 Å². The van der Waals surface area contributed by atoms with Crippen LogP contribution in [0, 0.1) is 0 Å². The van der Waals surface area contributed by atoms with Gasteiger partial charge in [-0.3, -0.25) is 9.78 Å². The number of anilines is 1. The van der Waals surface area contributed by atoms with Crippen molar-refractivity contribution in [3.8, 4) is 0 Å². The monoisotopic (exact) mass is 238 g/mol. The number of nitrogen functional groups attached to an aromatic ring is 1. The van der Waals surface area contributed by atoms with E-state index in [1.54, 1.807) is 0 Å². The minimum Gasteiger partial charge on any atom is -0.383 e. The second-order valence-electron chi connectivity index (χ2n) is 4.68. The number of rotatable bonds is 1. The van der Waals surface area contributed by atoms with Crippen LogP contribution in [0.5, 0.6) is 0 Å². The normalized spacial score (nSPS) is 24.9. The molecule has 1 saturated heterocycles. The average Bonchev–Trinajstić information content (AvgIpc) is 2.21. The van der Waals surface area contributed by atoms with Gasteiger partial charge in [-0.1, -0.05) is 0 Å². The summed E-state index contributed by atoms with van der Waals surface area (Å²) >= 11 is 0. The van der Waals surface area contributed by atoms with Gasteiger partial charge in [0.2, 0.25) is 0 Å². The van der Waals surface area contributed by atoms with Gasteiger partial charge in [0.05, 0.1) is 0 Å². The van der Waals surface area contributed by atoms with Gasteiger partial charge in [0.15, 0.2) is 0 Å². The molecule has 94 valence electrons. The first-order valence-corrected chi connectivity index (χ1v) is 5.91. The standard InChI is InChI=1S/C11H18N4O2/c1-7-4-3-5-8(2)14(7)15-9(12)6-10(16)13-11(15)17/h6-8H,3-5,12H2,1-2H3,(H,13,16,17). The van der Waals surface area contributed by atoms with Gasteiger partial charge in [-0.05, 0) is 33.1 Å². The highest BCUT2D eigenvalue weighted by Gasteiger charge is 2.27. The van der Waals surface area contributed by atoms with Crippen LogP contribution in [0.15, 0.2) is 15.7 Å². The molecule has 0 aromatic carbocycles. The van der Waals surface area contributed by atoms with Crippen LogP contribution in [0.1, 0.15) is 33.1 Å². The molecule has 0 bridgehead atoms. The molecule has 6 heteroatoms. The van der Waals surface area contributed by atoms with Crippen molar-refractivity contribution < 1.29 is 0 Å². The number of aromatic amines is 1. The average molecular weight is 238 g/mol. The summed E-state index contributed by atoms with van der Waals surface area (Å²) in [6.07, 6.45) is 3.20. The lowest BCUT2D eigenvalue weighted by Crippen LogP contribution is -2.56. The van der Waals surface area contributed by atoms with Crippen molar-refractivity contribution in [2.24, 2.45) is 0 Å². The summed E-state index contributed by atoms with van der Waals surface area (Å²) in [5.41, 5.74) is 4.86. The van der Waals surface area contributed by atoms with Crippen molar-refractivity contribution >= 4 is 5.82 Å². The molecule has 0 saturated carbocycles. The number of hydrogen-bond acceptors (Lipinski definition) is 4. The summed E-state index contributed by atoms with van der Waals surface area (Å²) < 4.78 is 1.38. The molecule has 6 nitrogen and oxygen atoms in total. The van der Waals surface area contributed by atoms with Gasteiger partial charge in [-0.2, -0.15) is 4.68 Å². The zero-order valence-corrected chi connectivity index (χ0v) is 10.1. The molecule has 17 heavy (non-hydrogen) atoms. The van der Waals surface area contributed by atoms with Crippen molar-refractivity contribution in [2.75, 3.05) is 10.7 Å². The minimum absolute atomic E-state index is 0.194. The molecule has 1 aliphatic heterocycles. The Kier molecular flexibility index (Phi) is 2.95. The van der Waals surface area contributed by atoms with Crippen LogP contribution in [-0.2, 0) is 0 Å². The highest BCUT2D eigenvalue weighted by molar-refractivity contribution is 5.29. The van der Waals surface area contributed by atoms with Crippen molar-refractivity contribution in [1.29, 1.82) is 0 Å². The van der Waals surface area contributed by atoms with Crippen LogP contribution >= 0.6 is 0 Å². The summed E-state index contributed by atoms with van der Waals surface area (Å²) in [6.45, 7) is 4.12. The third-order valence-corrected chi connectivity index (χ3v) is 3.32. The molecule has 2 atom stereocenters. The van der Waals surface area contributed by atoms with Crippen molar-refractivity contribution in [3.63, 3.8) is 0 Å². The molecular weight excluding hydrogens is 220 g/mol. The topological polar surface area (TPSA) is 84.1 Å². The molecule has 0 aliphatic carbocycles. The number of H-pyrrole nitrogens is 1. The molecule has 2 heterocycles. The summed E-state index contributed by atoms with van der Waals surface area (Å²) in [4.78, 5) is 25.2. The molecule has 0 radical (unpaired) electrons. The van der Waals surface area contributed by atoms with Gasteiger partial charge in [0.1, 0.15) is 5.82 Å². The largest absolute Gasteiger partial charge is 0.383 e. The summed E-state index contributed by atoms with van der Waals surface area (Å²) in [5.74, 6) is 0.194. The molecule has 3 N–H and O–H groups in total. The van der Waals surface area contributed by atoms with E-state index in [-0.39, 0.29) is 17.9 Å². The van der Waals surface area contributed by atoms with Gasteiger partial charge in [-0.15, -0.1) is 0 Å². The Morgan fingerprint density at radius 1 is 1.29 bits per heavy atom. The lowest BCUT2D eigenvalue weighted by Gasteiger charge is -2.41. The minimum atomic E-state index is -0.462. The maximum absolute atomic E-state index is 11.8. The molecule has 1 aromatic heterocycles. The highest BCUT2D eigenvalue weighted by Crippen LogP contribution is 2.21. The second-order valence-corrected chi connectivity index (χ2v) is 4.68. The molecule has 0 spiro atoms. The van der Waals surface area contributed by atoms with Crippen LogP contribution in [0.25, 0.3) is 0 Å². The maximum Gasteiger partial charge on any atom is 0.348 e. The third kappa shape index (κ3) is 2.07. The molecule has 1 aromatic rings. The van der Waals surface area contributed by atoms with E-state index in [0.29, 0.717) is 0 Å². The molecule has 0 amide bonds. The van der Waals surface area contributed by atoms with Crippen LogP contribution in [0.4, 0.5) is 5.82 Å². The summed E-state index contributed by atoms with van der Waals surface area (Å²) in [6, 6.07) is 1.73. The van der Waals surface area contributed by atoms with E-state index in [9.17, 15) is 9.59 Å².